The Morgan fingerprint density at radius 3 is 2.41 bits per heavy atom. The van der Waals surface area contributed by atoms with Crippen LogP contribution in [-0.4, -0.2) is 27.1 Å². The Morgan fingerprint density at radius 1 is 1.22 bits per heavy atom. The number of hydroxylamine groups is 2. The summed E-state index contributed by atoms with van der Waals surface area (Å²) >= 11 is 1.16. The second-order valence-electron chi connectivity index (χ2n) is 5.58. The number of aliphatic imine (C=N–C) groups is 2. The minimum atomic E-state index is -4.42. The highest BCUT2D eigenvalue weighted by molar-refractivity contribution is 8.18. The number of hydrogen-bond acceptors (Lipinski definition) is 4. The lowest BCUT2D eigenvalue weighted by Gasteiger charge is -2.13. The standard InChI is InChI=1S/C18H14F3N3O2S/c1-2-14(25)22-17-23-15(11-3-5-13(6-4-11)18(19,20)21)16(27-17)12-7-9-24(26)10-8-12/h3-10,26H,2H2,1H3. The molecule has 5 nitrogen and oxygen atoms in total. The van der Waals surface area contributed by atoms with E-state index in [-0.39, 0.29) is 17.5 Å². The largest absolute Gasteiger partial charge is 0.416 e. The Morgan fingerprint density at radius 2 is 1.85 bits per heavy atom. The van der Waals surface area contributed by atoms with Crippen molar-refractivity contribution in [3.05, 3.63) is 70.4 Å². The zero-order valence-corrected chi connectivity index (χ0v) is 14.9. The van der Waals surface area contributed by atoms with E-state index in [9.17, 15) is 23.2 Å². The van der Waals surface area contributed by atoms with Crippen LogP contribution in [0.4, 0.5) is 13.2 Å². The summed E-state index contributed by atoms with van der Waals surface area (Å²) in [5.41, 5.74) is 0.834. The number of rotatable bonds is 2. The van der Waals surface area contributed by atoms with Crippen molar-refractivity contribution < 1.29 is 23.2 Å². The molecule has 27 heavy (non-hydrogen) atoms. The fraction of sp³-hybridized carbons (Fsp3) is 0.167. The number of carbonyl (C=O) groups excluding carboxylic acids is 1. The molecule has 0 saturated carbocycles. The van der Waals surface area contributed by atoms with E-state index in [2.05, 4.69) is 9.98 Å². The Hall–Kier alpha value is -2.65. The van der Waals surface area contributed by atoms with E-state index in [0.717, 1.165) is 29.0 Å². The number of halogens is 3. The second kappa shape index (κ2) is 7.53. The molecule has 0 radical (unpaired) electrons. The third kappa shape index (κ3) is 4.37. The van der Waals surface area contributed by atoms with Crippen molar-refractivity contribution in [1.82, 2.24) is 5.06 Å². The zero-order valence-electron chi connectivity index (χ0n) is 14.1. The summed E-state index contributed by atoms with van der Waals surface area (Å²) in [5.74, 6) is -0.337. The van der Waals surface area contributed by atoms with Gasteiger partial charge < -0.3 is 0 Å². The van der Waals surface area contributed by atoms with Crippen molar-refractivity contribution in [3.63, 3.8) is 0 Å². The first kappa shape index (κ1) is 19.1. The number of nitrogens with zero attached hydrogens (tertiary/aromatic N) is 3. The molecule has 1 aromatic carbocycles. The normalized spacial score (nSPS) is 18.5. The van der Waals surface area contributed by atoms with Crippen molar-refractivity contribution in [2.75, 3.05) is 0 Å². The van der Waals surface area contributed by atoms with Crippen LogP contribution in [0.2, 0.25) is 0 Å². The van der Waals surface area contributed by atoms with Gasteiger partial charge in [-0.3, -0.25) is 10.0 Å². The van der Waals surface area contributed by atoms with Gasteiger partial charge >= 0.3 is 6.18 Å². The van der Waals surface area contributed by atoms with Gasteiger partial charge in [0.1, 0.15) is 0 Å². The monoisotopic (exact) mass is 393 g/mol. The topological polar surface area (TPSA) is 65.3 Å². The number of thioether (sulfide) groups is 1. The number of allylic oxidation sites excluding steroid dienone is 4. The molecule has 2 aliphatic rings. The molecule has 0 saturated heterocycles. The van der Waals surface area contributed by atoms with E-state index in [1.165, 1.54) is 24.5 Å². The Kier molecular flexibility index (Phi) is 5.33. The van der Waals surface area contributed by atoms with Crippen LogP contribution in [-0.2, 0) is 11.0 Å². The maximum atomic E-state index is 12.8. The quantitative estimate of drug-likeness (QED) is 0.802. The molecule has 0 aliphatic carbocycles. The summed E-state index contributed by atoms with van der Waals surface area (Å²) in [7, 11) is 0. The molecular weight excluding hydrogens is 379 g/mol. The molecule has 0 fully saturated rings. The summed E-state index contributed by atoms with van der Waals surface area (Å²) in [6.07, 6.45) is 1.89. The summed E-state index contributed by atoms with van der Waals surface area (Å²) in [5, 5.41) is 10.5. The maximum Gasteiger partial charge on any atom is 0.416 e. The van der Waals surface area contributed by atoms with Crippen molar-refractivity contribution in [3.8, 4) is 0 Å². The number of hydrogen-bond donors (Lipinski definition) is 1. The number of carbonyl (C=O) groups is 1. The van der Waals surface area contributed by atoms with Gasteiger partial charge in [0.2, 0.25) is 5.91 Å². The molecule has 2 aliphatic heterocycles. The van der Waals surface area contributed by atoms with E-state index >= 15 is 0 Å². The molecule has 1 amide bonds. The molecule has 1 aromatic rings. The molecule has 1 N–H and O–H groups in total. The molecular formula is C18H14F3N3O2S. The highest BCUT2D eigenvalue weighted by atomic mass is 32.2. The van der Waals surface area contributed by atoms with Crippen LogP contribution in [0.3, 0.4) is 0 Å². The summed E-state index contributed by atoms with van der Waals surface area (Å²) in [4.78, 5) is 20.5. The third-order valence-corrected chi connectivity index (χ3v) is 4.70. The second-order valence-corrected chi connectivity index (χ2v) is 6.55. The minimum absolute atomic E-state index is 0.223. The smallest absolute Gasteiger partial charge is 0.285 e. The van der Waals surface area contributed by atoms with Gasteiger partial charge in [0.05, 0.1) is 11.3 Å². The molecule has 0 bridgehead atoms. The minimum Gasteiger partial charge on any atom is -0.285 e. The molecule has 3 rings (SSSR count). The molecule has 9 heteroatoms. The van der Waals surface area contributed by atoms with E-state index in [4.69, 9.17) is 0 Å². The SMILES string of the molecule is CCC(=O)N=C1N=C(c2ccc(C(F)(F)F)cc2)C(=C2C=CN(O)C=C2)S1. The highest BCUT2D eigenvalue weighted by Crippen LogP contribution is 2.36. The lowest BCUT2D eigenvalue weighted by atomic mass is 10.0. The van der Waals surface area contributed by atoms with E-state index in [1.54, 1.807) is 19.1 Å². The van der Waals surface area contributed by atoms with Crippen LogP contribution >= 0.6 is 11.8 Å². The number of benzene rings is 1. The lowest BCUT2D eigenvalue weighted by molar-refractivity contribution is -0.137. The lowest BCUT2D eigenvalue weighted by Crippen LogP contribution is -2.08. The highest BCUT2D eigenvalue weighted by Gasteiger charge is 2.31. The number of amides is 1. The van der Waals surface area contributed by atoms with Gasteiger partial charge in [-0.05, 0) is 41.6 Å². The van der Waals surface area contributed by atoms with E-state index < -0.39 is 11.7 Å². The van der Waals surface area contributed by atoms with Gasteiger partial charge in [-0.15, -0.1) is 0 Å². The first-order chi connectivity index (χ1) is 12.8. The van der Waals surface area contributed by atoms with Crippen molar-refractivity contribution >= 4 is 28.5 Å². The predicted octanol–water partition coefficient (Wildman–Crippen LogP) is 4.52. The van der Waals surface area contributed by atoms with Crippen molar-refractivity contribution in [2.24, 2.45) is 9.98 Å². The van der Waals surface area contributed by atoms with E-state index in [0.29, 0.717) is 21.8 Å². The van der Waals surface area contributed by atoms with Crippen LogP contribution in [0.15, 0.2) is 69.3 Å². The van der Waals surface area contributed by atoms with Crippen LogP contribution in [0.5, 0.6) is 0 Å². The van der Waals surface area contributed by atoms with Gasteiger partial charge in [0, 0.05) is 29.3 Å². The Balaban J connectivity index is 2.04. The first-order valence-corrected chi connectivity index (χ1v) is 8.73. The van der Waals surface area contributed by atoms with Crippen molar-refractivity contribution in [1.29, 1.82) is 0 Å². The van der Waals surface area contributed by atoms with Crippen LogP contribution < -0.4 is 0 Å². The summed E-state index contributed by atoms with van der Waals surface area (Å²) < 4.78 is 38.4. The average molecular weight is 393 g/mol. The first-order valence-electron chi connectivity index (χ1n) is 7.92. The Labute approximate surface area is 157 Å². The molecule has 0 aromatic heterocycles. The van der Waals surface area contributed by atoms with Gasteiger partial charge in [0.25, 0.3) is 0 Å². The van der Waals surface area contributed by atoms with Crippen LogP contribution in [0, 0.1) is 0 Å². The van der Waals surface area contributed by atoms with Gasteiger partial charge in [0.15, 0.2) is 5.17 Å². The number of amidine groups is 1. The van der Waals surface area contributed by atoms with Crippen LogP contribution in [0.1, 0.15) is 24.5 Å². The third-order valence-electron chi connectivity index (χ3n) is 3.70. The molecule has 0 unspecified atom stereocenters. The molecule has 0 spiro atoms. The Bertz CT molecular complexity index is 897. The van der Waals surface area contributed by atoms with E-state index in [1.807, 2.05) is 0 Å². The van der Waals surface area contributed by atoms with Gasteiger partial charge in [-0.25, -0.2) is 10.1 Å². The molecule has 140 valence electrons. The fourth-order valence-corrected chi connectivity index (χ4v) is 3.30. The molecule has 2 heterocycles. The maximum absolute atomic E-state index is 12.8. The number of alkyl halides is 3. The average Bonchev–Trinajstić information content (AvgIpc) is 3.05. The molecule has 0 atom stereocenters. The van der Waals surface area contributed by atoms with Crippen molar-refractivity contribution in [2.45, 2.75) is 19.5 Å². The van der Waals surface area contributed by atoms with Gasteiger partial charge in [-0.1, -0.05) is 19.1 Å². The predicted molar refractivity (Wildman–Crippen MR) is 97.2 cm³/mol. The summed E-state index contributed by atoms with van der Waals surface area (Å²) in [6.45, 7) is 1.67. The fourth-order valence-electron chi connectivity index (χ4n) is 2.32. The van der Waals surface area contributed by atoms with Gasteiger partial charge in [-0.2, -0.15) is 18.2 Å². The van der Waals surface area contributed by atoms with Crippen LogP contribution in [0.25, 0.3) is 0 Å². The zero-order chi connectivity index (χ0) is 19.6. The summed E-state index contributed by atoms with van der Waals surface area (Å²) in [6, 6.07) is 4.64.